The number of aliphatic hydroxyl groups is 4. The number of hydrogen-bond donors (Lipinski definition) is 4. The molecule has 45 heavy (non-hydrogen) atoms. The fraction of sp³-hybridized carbons (Fsp3) is 0.919. The molecular formula is C37H66O8. The quantitative estimate of drug-likeness (QED) is 0.0634. The maximum absolute atomic E-state index is 11.7. The van der Waals surface area contributed by atoms with Gasteiger partial charge in [0.05, 0.1) is 48.8 Å². The predicted molar refractivity (Wildman–Crippen MR) is 177 cm³/mol. The summed E-state index contributed by atoms with van der Waals surface area (Å²) in [6.45, 7) is 4.07. The summed E-state index contributed by atoms with van der Waals surface area (Å²) in [5, 5.41) is 42.4. The van der Waals surface area contributed by atoms with Crippen LogP contribution < -0.4 is 0 Å². The van der Waals surface area contributed by atoms with Gasteiger partial charge in [0.25, 0.3) is 0 Å². The van der Waals surface area contributed by atoms with Crippen molar-refractivity contribution in [2.45, 2.75) is 216 Å². The van der Waals surface area contributed by atoms with Gasteiger partial charge in [-0.2, -0.15) is 0 Å². The van der Waals surface area contributed by atoms with E-state index in [4.69, 9.17) is 14.2 Å². The second-order valence-electron chi connectivity index (χ2n) is 14.2. The molecule has 0 unspecified atom stereocenters. The number of aliphatic hydroxyl groups excluding tert-OH is 4. The van der Waals surface area contributed by atoms with Crippen molar-refractivity contribution in [3.05, 3.63) is 11.6 Å². The molecule has 0 aromatic carbocycles. The van der Waals surface area contributed by atoms with Gasteiger partial charge in [-0.05, 0) is 70.8 Å². The predicted octanol–water partition coefficient (Wildman–Crippen LogP) is 6.83. The van der Waals surface area contributed by atoms with E-state index in [0.717, 1.165) is 83.5 Å². The molecule has 4 N–H and O–H groups in total. The van der Waals surface area contributed by atoms with Gasteiger partial charge < -0.3 is 34.6 Å². The summed E-state index contributed by atoms with van der Waals surface area (Å²) in [6.07, 6.45) is 21.6. The van der Waals surface area contributed by atoms with Crippen molar-refractivity contribution in [1.29, 1.82) is 0 Å². The first-order valence-corrected chi connectivity index (χ1v) is 18.7. The second kappa shape index (κ2) is 21.8. The van der Waals surface area contributed by atoms with Crippen molar-refractivity contribution in [3.63, 3.8) is 0 Å². The maximum atomic E-state index is 11.7. The van der Waals surface area contributed by atoms with Crippen molar-refractivity contribution in [3.8, 4) is 0 Å². The van der Waals surface area contributed by atoms with Crippen LogP contribution in [0.3, 0.4) is 0 Å². The third-order valence-corrected chi connectivity index (χ3v) is 10.1. The van der Waals surface area contributed by atoms with Crippen LogP contribution in [-0.4, -0.2) is 81.3 Å². The van der Waals surface area contributed by atoms with Crippen molar-refractivity contribution < 1.29 is 39.4 Å². The molecule has 8 heteroatoms. The lowest BCUT2D eigenvalue weighted by atomic mass is 9.98. The number of cyclic esters (lactones) is 1. The minimum Gasteiger partial charge on any atom is -0.455 e. The number of carbonyl (C=O) groups is 1. The zero-order valence-corrected chi connectivity index (χ0v) is 28.5. The van der Waals surface area contributed by atoms with E-state index in [1.807, 2.05) is 6.92 Å². The number of rotatable bonds is 25. The van der Waals surface area contributed by atoms with E-state index in [-0.39, 0.29) is 36.5 Å². The molecule has 3 aliphatic heterocycles. The number of esters is 1. The Morgan fingerprint density at radius 2 is 1.18 bits per heavy atom. The SMILES string of the molecule is CCCCCCCCCC[C@@H](O)[C@H]1CC[C@H]([C@H](O)CC[C@H](O)[C@H]2CC[C@@H](CCCCCCC[C@H](O)CC3=C[C@@H](C)OC3=O)O2)O1. The first kappa shape index (κ1) is 38.4. The molecule has 0 radical (unpaired) electrons. The number of hydrogen-bond acceptors (Lipinski definition) is 8. The van der Waals surface area contributed by atoms with Crippen LogP contribution in [0.15, 0.2) is 11.6 Å². The van der Waals surface area contributed by atoms with E-state index >= 15 is 0 Å². The Labute approximate surface area is 273 Å². The Bertz CT molecular complexity index is 833. The fourth-order valence-electron chi connectivity index (χ4n) is 7.29. The first-order chi connectivity index (χ1) is 21.8. The lowest BCUT2D eigenvalue weighted by Crippen LogP contribution is -2.33. The van der Waals surface area contributed by atoms with Gasteiger partial charge >= 0.3 is 5.97 Å². The van der Waals surface area contributed by atoms with Gasteiger partial charge in [0, 0.05) is 12.0 Å². The van der Waals surface area contributed by atoms with Crippen molar-refractivity contribution >= 4 is 5.97 Å². The van der Waals surface area contributed by atoms with E-state index in [0.29, 0.717) is 31.3 Å². The molecule has 9 atom stereocenters. The number of ether oxygens (including phenoxy) is 3. The topological polar surface area (TPSA) is 126 Å². The van der Waals surface area contributed by atoms with Crippen LogP contribution in [-0.2, 0) is 19.0 Å². The van der Waals surface area contributed by atoms with E-state index in [1.54, 1.807) is 6.08 Å². The molecule has 2 saturated heterocycles. The molecule has 0 amide bonds. The Morgan fingerprint density at radius 1 is 0.667 bits per heavy atom. The Hall–Kier alpha value is -1.03. The van der Waals surface area contributed by atoms with E-state index in [1.165, 1.54) is 38.5 Å². The molecule has 2 fully saturated rings. The Morgan fingerprint density at radius 3 is 1.78 bits per heavy atom. The molecule has 3 rings (SSSR count). The van der Waals surface area contributed by atoms with Crippen LogP contribution in [0.1, 0.15) is 162 Å². The van der Waals surface area contributed by atoms with Crippen LogP contribution in [0.5, 0.6) is 0 Å². The minimum absolute atomic E-state index is 0.162. The van der Waals surface area contributed by atoms with Gasteiger partial charge in [0.15, 0.2) is 0 Å². The Balaban J connectivity index is 1.16. The Kier molecular flexibility index (Phi) is 18.6. The van der Waals surface area contributed by atoms with Crippen LogP contribution >= 0.6 is 0 Å². The molecule has 0 aliphatic carbocycles. The van der Waals surface area contributed by atoms with Gasteiger partial charge in [-0.15, -0.1) is 0 Å². The largest absolute Gasteiger partial charge is 0.455 e. The second-order valence-corrected chi connectivity index (χ2v) is 14.2. The van der Waals surface area contributed by atoms with Gasteiger partial charge in [-0.3, -0.25) is 0 Å². The van der Waals surface area contributed by atoms with E-state index in [2.05, 4.69) is 6.92 Å². The standard InChI is InChI=1S/C37H66O8/c1-3-4-5-6-7-8-12-15-18-31(39)35-23-24-36(45-35)33(41)21-20-32(40)34-22-19-30(44-34)17-14-11-9-10-13-16-29(38)26-28-25-27(2)43-37(28)42/h25,27,29-36,38-41H,3-24,26H2,1-2H3/t27-,29+,30-,31-,32+,33-,34-,35-,36-/m1/s1. The van der Waals surface area contributed by atoms with Gasteiger partial charge in [0.1, 0.15) is 6.10 Å². The fourth-order valence-corrected chi connectivity index (χ4v) is 7.29. The summed E-state index contributed by atoms with van der Waals surface area (Å²) in [7, 11) is 0. The van der Waals surface area contributed by atoms with Crippen LogP contribution in [0.25, 0.3) is 0 Å². The number of unbranched alkanes of at least 4 members (excludes halogenated alkanes) is 11. The third-order valence-electron chi connectivity index (χ3n) is 10.1. The average molecular weight is 639 g/mol. The van der Waals surface area contributed by atoms with Crippen LogP contribution in [0.4, 0.5) is 0 Å². The van der Waals surface area contributed by atoms with Crippen LogP contribution in [0, 0.1) is 0 Å². The molecule has 0 bridgehead atoms. The summed E-state index contributed by atoms with van der Waals surface area (Å²) in [6, 6.07) is 0. The zero-order chi connectivity index (χ0) is 32.4. The van der Waals surface area contributed by atoms with Crippen molar-refractivity contribution in [2.75, 3.05) is 0 Å². The molecule has 3 aliphatic rings. The monoisotopic (exact) mass is 638 g/mol. The highest BCUT2D eigenvalue weighted by atomic mass is 16.5. The zero-order valence-electron chi connectivity index (χ0n) is 28.5. The average Bonchev–Trinajstić information content (AvgIpc) is 3.77. The highest BCUT2D eigenvalue weighted by Crippen LogP contribution is 2.31. The molecule has 8 nitrogen and oxygen atoms in total. The normalized spacial score (nSPS) is 27.8. The minimum atomic E-state index is -0.627. The smallest absolute Gasteiger partial charge is 0.334 e. The summed E-state index contributed by atoms with van der Waals surface area (Å²) in [4.78, 5) is 11.7. The lowest BCUT2D eigenvalue weighted by molar-refractivity contribution is -0.139. The highest BCUT2D eigenvalue weighted by Gasteiger charge is 2.36. The molecule has 0 aromatic heterocycles. The molecule has 0 saturated carbocycles. The third kappa shape index (κ3) is 14.7. The van der Waals surface area contributed by atoms with Crippen molar-refractivity contribution in [1.82, 2.24) is 0 Å². The van der Waals surface area contributed by atoms with E-state index < -0.39 is 24.4 Å². The van der Waals surface area contributed by atoms with Gasteiger partial charge in [-0.25, -0.2) is 4.79 Å². The summed E-state index contributed by atoms with van der Waals surface area (Å²) in [5.74, 6) is -0.295. The van der Waals surface area contributed by atoms with E-state index in [9.17, 15) is 25.2 Å². The molecule has 3 heterocycles. The first-order valence-electron chi connectivity index (χ1n) is 18.7. The lowest BCUT2D eigenvalue weighted by Gasteiger charge is -2.24. The molecule has 262 valence electrons. The van der Waals surface area contributed by atoms with Gasteiger partial charge in [0.2, 0.25) is 0 Å². The number of carbonyl (C=O) groups excluding carboxylic acids is 1. The molecule has 0 aromatic rings. The maximum Gasteiger partial charge on any atom is 0.334 e. The van der Waals surface area contributed by atoms with Gasteiger partial charge in [-0.1, -0.05) is 90.4 Å². The van der Waals surface area contributed by atoms with Crippen molar-refractivity contribution in [2.24, 2.45) is 0 Å². The summed E-state index contributed by atoms with van der Waals surface area (Å²) < 4.78 is 17.3. The molecular weight excluding hydrogens is 572 g/mol. The summed E-state index contributed by atoms with van der Waals surface area (Å²) in [5.41, 5.74) is 0.600. The van der Waals surface area contributed by atoms with Crippen LogP contribution in [0.2, 0.25) is 0 Å². The summed E-state index contributed by atoms with van der Waals surface area (Å²) >= 11 is 0. The molecule has 0 spiro atoms. The highest BCUT2D eigenvalue weighted by molar-refractivity contribution is 5.90.